The van der Waals surface area contributed by atoms with Crippen LogP contribution in [-0.4, -0.2) is 13.9 Å². The van der Waals surface area contributed by atoms with Crippen molar-refractivity contribution in [3.05, 3.63) is 36.5 Å². The summed E-state index contributed by atoms with van der Waals surface area (Å²) in [4.78, 5) is 0. The summed E-state index contributed by atoms with van der Waals surface area (Å²) in [5, 5.41) is 0.569. The number of halogens is 3. The van der Waals surface area contributed by atoms with Crippen LogP contribution in [0.3, 0.4) is 0 Å². The Labute approximate surface area is 107 Å². The summed E-state index contributed by atoms with van der Waals surface area (Å²) < 4.78 is 64.6. The fraction of sp³-hybridized carbons (Fsp3) is 0.182. The van der Waals surface area contributed by atoms with Crippen LogP contribution in [0, 0.1) is 0 Å². The van der Waals surface area contributed by atoms with Crippen LogP contribution in [0.15, 0.2) is 36.5 Å². The van der Waals surface area contributed by atoms with Crippen LogP contribution in [0.4, 0.5) is 13.2 Å². The average Bonchev–Trinajstić information content (AvgIpc) is 2.27. The van der Waals surface area contributed by atoms with Gasteiger partial charge in [0.15, 0.2) is 6.20 Å². The summed E-state index contributed by atoms with van der Waals surface area (Å²) in [6.07, 6.45) is 1.58. The predicted molar refractivity (Wildman–Crippen MR) is 60.7 cm³/mol. The minimum Gasteiger partial charge on any atom is -0.369 e. The smallest absolute Gasteiger partial charge is 0.369 e. The number of rotatable bonds is 2. The molecule has 2 rings (SSSR count). The second-order valence-corrected chi connectivity index (χ2v) is 5.33. The highest BCUT2D eigenvalue weighted by atomic mass is 32.2. The first-order chi connectivity index (χ1) is 8.72. The minimum atomic E-state index is -5.67. The molecule has 0 aliphatic carbocycles. The Morgan fingerprint density at radius 1 is 1.16 bits per heavy atom. The molecule has 0 saturated heterocycles. The fourth-order valence-electron chi connectivity index (χ4n) is 1.63. The van der Waals surface area contributed by atoms with E-state index in [1.807, 2.05) is 0 Å². The Hall–Kier alpha value is -1.83. The van der Waals surface area contributed by atoms with Gasteiger partial charge >= 0.3 is 15.6 Å². The quantitative estimate of drug-likeness (QED) is 0.482. The van der Waals surface area contributed by atoms with Crippen LogP contribution in [0.1, 0.15) is 0 Å². The van der Waals surface area contributed by atoms with Crippen molar-refractivity contribution in [1.29, 1.82) is 0 Å². The van der Waals surface area contributed by atoms with Crippen LogP contribution in [0.5, 0.6) is 5.75 Å². The summed E-state index contributed by atoms with van der Waals surface area (Å²) in [5.74, 6) is -0.363. The lowest BCUT2D eigenvalue weighted by Crippen LogP contribution is -2.31. The number of benzene rings is 1. The van der Waals surface area contributed by atoms with Gasteiger partial charge in [0.2, 0.25) is 5.75 Å². The van der Waals surface area contributed by atoms with E-state index < -0.39 is 15.6 Å². The molecule has 0 bridgehead atoms. The first-order valence-electron chi connectivity index (χ1n) is 5.10. The molecule has 1 aromatic heterocycles. The number of para-hydroxylation sites is 1. The Bertz CT molecular complexity index is 720. The van der Waals surface area contributed by atoms with Crippen molar-refractivity contribution in [1.82, 2.24) is 0 Å². The summed E-state index contributed by atoms with van der Waals surface area (Å²) in [6, 6.07) is 7.56. The molecule has 0 amide bonds. The molecule has 102 valence electrons. The van der Waals surface area contributed by atoms with Crippen molar-refractivity contribution in [3.8, 4) is 5.75 Å². The molecule has 4 nitrogen and oxygen atoms in total. The molecule has 1 aromatic carbocycles. The Kier molecular flexibility index (Phi) is 3.13. The molecule has 0 atom stereocenters. The van der Waals surface area contributed by atoms with Crippen LogP contribution in [-0.2, 0) is 17.2 Å². The molecule has 1 heterocycles. The zero-order chi connectivity index (χ0) is 14.3. The topological polar surface area (TPSA) is 47.2 Å². The molecule has 0 aliphatic heterocycles. The van der Waals surface area contributed by atoms with E-state index >= 15 is 0 Å². The SMILES string of the molecule is C[n+]1cccc2cccc(OS(=O)(=O)C(F)(F)F)c21. The molecule has 0 saturated carbocycles. The molecule has 0 unspecified atom stereocenters. The maximum Gasteiger partial charge on any atom is 0.534 e. The van der Waals surface area contributed by atoms with E-state index in [9.17, 15) is 21.6 Å². The van der Waals surface area contributed by atoms with Crippen LogP contribution in [0.2, 0.25) is 0 Å². The van der Waals surface area contributed by atoms with Crippen molar-refractivity contribution >= 4 is 21.0 Å². The van der Waals surface area contributed by atoms with E-state index in [1.54, 1.807) is 31.4 Å². The second-order valence-electron chi connectivity index (χ2n) is 3.80. The lowest BCUT2D eigenvalue weighted by atomic mass is 10.2. The Morgan fingerprint density at radius 3 is 2.42 bits per heavy atom. The minimum absolute atomic E-state index is 0.262. The van der Waals surface area contributed by atoms with E-state index in [0.29, 0.717) is 5.39 Å². The molecule has 0 N–H and O–H groups in total. The lowest BCUT2D eigenvalue weighted by molar-refractivity contribution is -0.645. The monoisotopic (exact) mass is 292 g/mol. The van der Waals surface area contributed by atoms with Gasteiger partial charge in [-0.15, -0.1) is 0 Å². The largest absolute Gasteiger partial charge is 0.534 e. The third-order valence-corrected chi connectivity index (χ3v) is 3.42. The maximum absolute atomic E-state index is 12.3. The van der Waals surface area contributed by atoms with Gasteiger partial charge in [0.1, 0.15) is 7.05 Å². The first-order valence-corrected chi connectivity index (χ1v) is 6.51. The number of alkyl halides is 3. The van der Waals surface area contributed by atoms with E-state index in [-0.39, 0.29) is 11.3 Å². The standard InChI is InChI=1S/C11H9F3NO3S/c1-15-7-3-5-8-4-2-6-9(10(8)15)18-19(16,17)11(12,13)14/h2-7H,1H3/q+1. The highest BCUT2D eigenvalue weighted by Crippen LogP contribution is 2.29. The Morgan fingerprint density at radius 2 is 1.79 bits per heavy atom. The van der Waals surface area contributed by atoms with E-state index in [1.165, 1.54) is 16.7 Å². The third-order valence-electron chi connectivity index (χ3n) is 2.45. The second kappa shape index (κ2) is 4.37. The number of aryl methyl sites for hydroxylation is 1. The molecular formula is C11H9F3NO3S+. The van der Waals surface area contributed by atoms with Gasteiger partial charge in [-0.05, 0) is 18.2 Å². The average molecular weight is 292 g/mol. The highest BCUT2D eigenvalue weighted by molar-refractivity contribution is 7.88. The van der Waals surface area contributed by atoms with Gasteiger partial charge in [0.25, 0.3) is 5.52 Å². The summed E-state index contributed by atoms with van der Waals surface area (Å²) in [6.45, 7) is 0. The zero-order valence-corrected chi connectivity index (χ0v) is 10.5. The van der Waals surface area contributed by atoms with E-state index in [0.717, 1.165) is 0 Å². The van der Waals surface area contributed by atoms with Gasteiger partial charge in [-0.25, -0.2) is 0 Å². The number of aromatic nitrogens is 1. The number of pyridine rings is 1. The maximum atomic E-state index is 12.3. The first kappa shape index (κ1) is 13.6. The van der Waals surface area contributed by atoms with E-state index in [2.05, 4.69) is 4.18 Å². The number of nitrogens with zero attached hydrogens (tertiary/aromatic N) is 1. The van der Waals surface area contributed by atoms with Crippen LogP contribution >= 0.6 is 0 Å². The molecule has 0 spiro atoms. The van der Waals surface area contributed by atoms with Gasteiger partial charge in [0.05, 0.1) is 5.39 Å². The summed E-state index contributed by atoms with van der Waals surface area (Å²) >= 11 is 0. The van der Waals surface area contributed by atoms with Crippen molar-refractivity contribution in [2.75, 3.05) is 0 Å². The van der Waals surface area contributed by atoms with Gasteiger partial charge in [0, 0.05) is 6.07 Å². The lowest BCUT2D eigenvalue weighted by Gasteiger charge is -2.09. The molecule has 0 radical (unpaired) electrons. The molecular weight excluding hydrogens is 283 g/mol. The summed E-state index contributed by atoms with van der Waals surface area (Å²) in [5.41, 5.74) is -5.19. The predicted octanol–water partition coefficient (Wildman–Crippen LogP) is 1.89. The van der Waals surface area contributed by atoms with Crippen molar-refractivity contribution in [3.63, 3.8) is 0 Å². The van der Waals surface area contributed by atoms with Crippen molar-refractivity contribution in [2.24, 2.45) is 7.05 Å². The molecule has 19 heavy (non-hydrogen) atoms. The highest BCUT2D eigenvalue weighted by Gasteiger charge is 2.49. The molecule has 0 aliphatic rings. The van der Waals surface area contributed by atoms with Crippen molar-refractivity contribution < 1.29 is 30.3 Å². The number of hydrogen-bond acceptors (Lipinski definition) is 3. The van der Waals surface area contributed by atoms with Gasteiger partial charge in [-0.1, -0.05) is 6.07 Å². The molecule has 8 heteroatoms. The molecule has 2 aromatic rings. The van der Waals surface area contributed by atoms with Crippen molar-refractivity contribution in [2.45, 2.75) is 5.51 Å². The fourth-order valence-corrected chi connectivity index (χ4v) is 2.10. The van der Waals surface area contributed by atoms with E-state index in [4.69, 9.17) is 0 Å². The number of hydrogen-bond donors (Lipinski definition) is 0. The zero-order valence-electron chi connectivity index (χ0n) is 9.68. The van der Waals surface area contributed by atoms with Gasteiger partial charge < -0.3 is 4.18 Å². The normalized spacial score (nSPS) is 12.6. The Balaban J connectivity index is 2.60. The number of fused-ring (bicyclic) bond motifs is 1. The van der Waals surface area contributed by atoms with Gasteiger partial charge in [-0.3, -0.25) is 0 Å². The van der Waals surface area contributed by atoms with Crippen LogP contribution in [0.25, 0.3) is 10.9 Å². The third kappa shape index (κ3) is 2.48. The summed E-state index contributed by atoms with van der Waals surface area (Å²) in [7, 11) is -4.09. The molecule has 0 fully saturated rings. The van der Waals surface area contributed by atoms with Gasteiger partial charge in [-0.2, -0.15) is 26.2 Å². The van der Waals surface area contributed by atoms with Crippen LogP contribution < -0.4 is 8.75 Å².